The molecule has 19 heavy (non-hydrogen) atoms. The predicted molar refractivity (Wildman–Crippen MR) is 69.7 cm³/mol. The summed E-state index contributed by atoms with van der Waals surface area (Å²) in [5.74, 6) is -0.822. The Labute approximate surface area is 113 Å². The number of amides is 1. The number of aliphatic carboxylic acids is 1. The van der Waals surface area contributed by atoms with Gasteiger partial charge in [-0.2, -0.15) is 0 Å². The van der Waals surface area contributed by atoms with E-state index >= 15 is 0 Å². The molecule has 1 amide bonds. The molecule has 0 aromatic rings. The first-order valence-corrected chi connectivity index (χ1v) is 7.14. The van der Waals surface area contributed by atoms with Gasteiger partial charge in [0, 0.05) is 13.0 Å². The molecule has 5 nitrogen and oxygen atoms in total. The van der Waals surface area contributed by atoms with Crippen LogP contribution in [0.2, 0.25) is 0 Å². The molecule has 2 fully saturated rings. The number of hydrogen-bond donors (Lipinski definition) is 2. The van der Waals surface area contributed by atoms with E-state index in [0.717, 1.165) is 32.1 Å². The Morgan fingerprint density at radius 2 is 2.00 bits per heavy atom. The van der Waals surface area contributed by atoms with Crippen molar-refractivity contribution in [2.45, 2.75) is 64.0 Å². The molecule has 1 saturated carbocycles. The molecule has 1 heterocycles. The van der Waals surface area contributed by atoms with Crippen molar-refractivity contribution in [2.24, 2.45) is 5.41 Å². The number of ether oxygens (including phenoxy) is 1. The zero-order valence-corrected chi connectivity index (χ0v) is 11.5. The standard InChI is InChI=1S/C14H23NO4/c1-10-11(4-7-19-10)15-12(16)8-14(9-13(17)18)5-2-3-6-14/h10-11H,2-9H2,1H3,(H,15,16)(H,17,18). The highest BCUT2D eigenvalue weighted by Crippen LogP contribution is 2.44. The second-order valence-electron chi connectivity index (χ2n) is 5.99. The molecule has 5 heteroatoms. The minimum Gasteiger partial charge on any atom is -0.481 e. The van der Waals surface area contributed by atoms with Crippen LogP contribution in [0.1, 0.15) is 51.9 Å². The van der Waals surface area contributed by atoms with Gasteiger partial charge in [-0.05, 0) is 31.6 Å². The van der Waals surface area contributed by atoms with Gasteiger partial charge in [0.15, 0.2) is 0 Å². The Kier molecular flexibility index (Phi) is 4.45. The van der Waals surface area contributed by atoms with Crippen LogP contribution in [-0.2, 0) is 14.3 Å². The van der Waals surface area contributed by atoms with Crippen molar-refractivity contribution in [3.8, 4) is 0 Å². The highest BCUT2D eigenvalue weighted by Gasteiger charge is 2.38. The number of carbonyl (C=O) groups excluding carboxylic acids is 1. The van der Waals surface area contributed by atoms with Gasteiger partial charge < -0.3 is 15.2 Å². The highest BCUT2D eigenvalue weighted by molar-refractivity contribution is 5.78. The predicted octanol–water partition coefficient (Wildman–Crippen LogP) is 1.71. The van der Waals surface area contributed by atoms with Crippen molar-refractivity contribution in [3.63, 3.8) is 0 Å². The first-order valence-electron chi connectivity index (χ1n) is 7.14. The Morgan fingerprint density at radius 1 is 1.32 bits per heavy atom. The summed E-state index contributed by atoms with van der Waals surface area (Å²) in [7, 11) is 0. The summed E-state index contributed by atoms with van der Waals surface area (Å²) >= 11 is 0. The fourth-order valence-electron chi connectivity index (χ4n) is 3.38. The molecule has 0 bridgehead atoms. The Balaban J connectivity index is 1.90. The molecule has 2 N–H and O–H groups in total. The third kappa shape index (κ3) is 3.69. The number of carbonyl (C=O) groups is 2. The van der Waals surface area contributed by atoms with Gasteiger partial charge >= 0.3 is 5.97 Å². The molecule has 1 aliphatic heterocycles. The van der Waals surface area contributed by atoms with Gasteiger partial charge in [-0.15, -0.1) is 0 Å². The van der Waals surface area contributed by atoms with Crippen LogP contribution in [0.5, 0.6) is 0 Å². The summed E-state index contributed by atoms with van der Waals surface area (Å²) in [5, 5.41) is 12.0. The molecule has 2 aliphatic rings. The fraction of sp³-hybridized carbons (Fsp3) is 0.857. The number of rotatable bonds is 5. The van der Waals surface area contributed by atoms with E-state index in [1.54, 1.807) is 0 Å². The lowest BCUT2D eigenvalue weighted by Crippen LogP contribution is -2.41. The molecule has 2 atom stereocenters. The van der Waals surface area contributed by atoms with Gasteiger partial charge in [-0.25, -0.2) is 0 Å². The third-order valence-electron chi connectivity index (χ3n) is 4.45. The summed E-state index contributed by atoms with van der Waals surface area (Å²) in [4.78, 5) is 23.1. The molecular weight excluding hydrogens is 246 g/mol. The maximum Gasteiger partial charge on any atom is 0.303 e. The highest BCUT2D eigenvalue weighted by atomic mass is 16.5. The van der Waals surface area contributed by atoms with E-state index in [9.17, 15) is 9.59 Å². The molecule has 2 unspecified atom stereocenters. The van der Waals surface area contributed by atoms with E-state index in [4.69, 9.17) is 9.84 Å². The van der Waals surface area contributed by atoms with Gasteiger partial charge in [0.2, 0.25) is 5.91 Å². The molecule has 1 saturated heterocycles. The van der Waals surface area contributed by atoms with Crippen LogP contribution in [0.4, 0.5) is 0 Å². The van der Waals surface area contributed by atoms with Crippen molar-refractivity contribution >= 4 is 11.9 Å². The summed E-state index contributed by atoms with van der Waals surface area (Å²) in [5.41, 5.74) is -0.321. The second kappa shape index (κ2) is 5.90. The average molecular weight is 269 g/mol. The van der Waals surface area contributed by atoms with Crippen LogP contribution in [0.25, 0.3) is 0 Å². The number of nitrogens with one attached hydrogen (secondary N) is 1. The number of hydrogen-bond acceptors (Lipinski definition) is 3. The monoisotopic (exact) mass is 269 g/mol. The van der Waals surface area contributed by atoms with Crippen molar-refractivity contribution in [3.05, 3.63) is 0 Å². The van der Waals surface area contributed by atoms with Crippen LogP contribution in [-0.4, -0.2) is 35.7 Å². The van der Waals surface area contributed by atoms with Crippen molar-refractivity contribution in [2.75, 3.05) is 6.61 Å². The van der Waals surface area contributed by atoms with E-state index in [2.05, 4.69) is 5.32 Å². The zero-order chi connectivity index (χ0) is 13.9. The minimum absolute atomic E-state index is 0.0227. The quantitative estimate of drug-likeness (QED) is 0.796. The lowest BCUT2D eigenvalue weighted by molar-refractivity contribution is -0.140. The maximum atomic E-state index is 12.1. The van der Waals surface area contributed by atoms with E-state index in [1.165, 1.54) is 0 Å². The summed E-state index contributed by atoms with van der Waals surface area (Å²) in [6.45, 7) is 2.65. The van der Waals surface area contributed by atoms with Gasteiger partial charge in [-0.3, -0.25) is 9.59 Å². The average Bonchev–Trinajstić information content (AvgIpc) is 2.89. The minimum atomic E-state index is -0.799. The first kappa shape index (κ1) is 14.3. The van der Waals surface area contributed by atoms with Crippen LogP contribution < -0.4 is 5.32 Å². The summed E-state index contributed by atoms with van der Waals surface area (Å²) in [6, 6.07) is 0.0794. The lowest BCUT2D eigenvalue weighted by atomic mass is 9.79. The van der Waals surface area contributed by atoms with Gasteiger partial charge in [0.25, 0.3) is 0 Å². The number of carboxylic acids is 1. The summed E-state index contributed by atoms with van der Waals surface area (Å²) in [6.07, 6.45) is 5.11. The van der Waals surface area contributed by atoms with E-state index in [1.807, 2.05) is 6.92 Å². The van der Waals surface area contributed by atoms with Gasteiger partial charge in [-0.1, -0.05) is 12.8 Å². The second-order valence-corrected chi connectivity index (χ2v) is 5.99. The van der Waals surface area contributed by atoms with Crippen molar-refractivity contribution in [1.82, 2.24) is 5.32 Å². The molecule has 0 aromatic heterocycles. The molecule has 1 aliphatic carbocycles. The van der Waals surface area contributed by atoms with Crippen LogP contribution >= 0.6 is 0 Å². The first-order chi connectivity index (χ1) is 9.01. The van der Waals surface area contributed by atoms with Gasteiger partial charge in [0.05, 0.1) is 18.6 Å². The smallest absolute Gasteiger partial charge is 0.303 e. The lowest BCUT2D eigenvalue weighted by Gasteiger charge is -2.27. The van der Waals surface area contributed by atoms with Crippen molar-refractivity contribution < 1.29 is 19.4 Å². The Morgan fingerprint density at radius 3 is 2.53 bits per heavy atom. The third-order valence-corrected chi connectivity index (χ3v) is 4.45. The molecule has 2 rings (SSSR count). The van der Waals surface area contributed by atoms with Crippen LogP contribution in [0, 0.1) is 5.41 Å². The number of carboxylic acid groups (broad SMARTS) is 1. The summed E-state index contributed by atoms with van der Waals surface area (Å²) < 4.78 is 5.42. The van der Waals surface area contributed by atoms with E-state index in [0.29, 0.717) is 13.0 Å². The van der Waals surface area contributed by atoms with E-state index in [-0.39, 0.29) is 29.9 Å². The largest absolute Gasteiger partial charge is 0.481 e. The maximum absolute atomic E-state index is 12.1. The van der Waals surface area contributed by atoms with Gasteiger partial charge in [0.1, 0.15) is 0 Å². The Bertz CT molecular complexity index is 349. The van der Waals surface area contributed by atoms with E-state index < -0.39 is 5.97 Å². The SMILES string of the molecule is CC1OCCC1NC(=O)CC1(CC(=O)O)CCCC1. The van der Waals surface area contributed by atoms with Crippen LogP contribution in [0.3, 0.4) is 0 Å². The molecule has 0 spiro atoms. The molecule has 108 valence electrons. The normalized spacial score (nSPS) is 29.3. The fourth-order valence-corrected chi connectivity index (χ4v) is 3.38. The molecular formula is C14H23NO4. The molecule has 0 aromatic carbocycles. The van der Waals surface area contributed by atoms with Crippen molar-refractivity contribution in [1.29, 1.82) is 0 Å². The molecule has 0 radical (unpaired) electrons. The topological polar surface area (TPSA) is 75.6 Å². The zero-order valence-electron chi connectivity index (χ0n) is 11.5. The van der Waals surface area contributed by atoms with Crippen LogP contribution in [0.15, 0.2) is 0 Å². The Hall–Kier alpha value is -1.10.